The van der Waals surface area contributed by atoms with Crippen LogP contribution in [0.5, 0.6) is 5.75 Å². The van der Waals surface area contributed by atoms with E-state index in [1.807, 2.05) is 24.3 Å². The van der Waals surface area contributed by atoms with Crippen LogP contribution in [0.3, 0.4) is 0 Å². The first-order valence-corrected chi connectivity index (χ1v) is 10.2. The summed E-state index contributed by atoms with van der Waals surface area (Å²) in [4.78, 5) is 28.9. The molecule has 1 fully saturated rings. The largest absolute Gasteiger partial charge is 0.488 e. The standard InChI is InChI=1S/C24H26N2O4/c1-17-6-5-8-21(18(17)2)25-10-12-26(13-11-25)23(27)16-30-24(28)20-14-19-7-3-4-9-22(19)29-15-20/h3-9,14H,10-13,15-16H2,1-2H3. The second-order valence-corrected chi connectivity index (χ2v) is 7.66. The van der Waals surface area contributed by atoms with Gasteiger partial charge in [0, 0.05) is 37.4 Å². The fourth-order valence-electron chi connectivity index (χ4n) is 3.82. The molecule has 0 N–H and O–H groups in total. The van der Waals surface area contributed by atoms with Gasteiger partial charge in [0.2, 0.25) is 0 Å². The van der Waals surface area contributed by atoms with E-state index in [4.69, 9.17) is 9.47 Å². The molecular formula is C24H26N2O4. The number of amides is 1. The molecule has 0 unspecified atom stereocenters. The monoisotopic (exact) mass is 406 g/mol. The Hall–Kier alpha value is -3.28. The molecule has 2 aromatic rings. The number of carbonyl (C=O) groups is 2. The van der Waals surface area contributed by atoms with Gasteiger partial charge in [-0.05, 0) is 43.2 Å². The third-order valence-electron chi connectivity index (χ3n) is 5.77. The molecule has 1 amide bonds. The predicted octanol–water partition coefficient (Wildman–Crippen LogP) is 2.97. The average molecular weight is 406 g/mol. The van der Waals surface area contributed by atoms with Gasteiger partial charge in [-0.15, -0.1) is 0 Å². The number of piperazine rings is 1. The van der Waals surface area contributed by atoms with Crippen molar-refractivity contribution in [1.29, 1.82) is 0 Å². The van der Waals surface area contributed by atoms with Crippen LogP contribution in [-0.2, 0) is 14.3 Å². The minimum Gasteiger partial charge on any atom is -0.488 e. The van der Waals surface area contributed by atoms with Crippen LogP contribution in [0.2, 0.25) is 0 Å². The van der Waals surface area contributed by atoms with Crippen molar-refractivity contribution in [3.8, 4) is 5.75 Å². The van der Waals surface area contributed by atoms with Gasteiger partial charge in [-0.25, -0.2) is 4.79 Å². The summed E-state index contributed by atoms with van der Waals surface area (Å²) in [7, 11) is 0. The molecule has 2 aliphatic heterocycles. The molecule has 6 heteroatoms. The van der Waals surface area contributed by atoms with Crippen molar-refractivity contribution < 1.29 is 19.1 Å². The molecule has 6 nitrogen and oxygen atoms in total. The molecular weight excluding hydrogens is 380 g/mol. The topological polar surface area (TPSA) is 59.1 Å². The number of aryl methyl sites for hydroxylation is 1. The van der Waals surface area contributed by atoms with Crippen LogP contribution in [-0.4, -0.2) is 56.2 Å². The first-order valence-electron chi connectivity index (χ1n) is 10.2. The maximum atomic E-state index is 12.5. The van der Waals surface area contributed by atoms with Crippen LogP contribution in [0.1, 0.15) is 16.7 Å². The number of benzene rings is 2. The molecule has 2 aliphatic rings. The Morgan fingerprint density at radius 3 is 2.57 bits per heavy atom. The molecule has 2 aromatic carbocycles. The number of nitrogens with zero attached hydrogens (tertiary/aromatic N) is 2. The molecule has 156 valence electrons. The van der Waals surface area contributed by atoms with Gasteiger partial charge < -0.3 is 19.3 Å². The van der Waals surface area contributed by atoms with E-state index in [9.17, 15) is 9.59 Å². The van der Waals surface area contributed by atoms with Gasteiger partial charge in [-0.2, -0.15) is 0 Å². The number of hydrogen-bond donors (Lipinski definition) is 0. The number of ether oxygens (including phenoxy) is 2. The Bertz CT molecular complexity index is 990. The van der Waals surface area contributed by atoms with Crippen molar-refractivity contribution in [2.45, 2.75) is 13.8 Å². The van der Waals surface area contributed by atoms with E-state index < -0.39 is 5.97 Å². The van der Waals surface area contributed by atoms with Crippen LogP contribution in [0.15, 0.2) is 48.0 Å². The minimum atomic E-state index is -0.508. The normalized spacial score (nSPS) is 15.7. The van der Waals surface area contributed by atoms with E-state index in [1.165, 1.54) is 16.8 Å². The van der Waals surface area contributed by atoms with Gasteiger partial charge in [0.15, 0.2) is 6.61 Å². The summed E-state index contributed by atoms with van der Waals surface area (Å²) < 4.78 is 10.8. The number of fused-ring (bicyclic) bond motifs is 1. The molecule has 0 radical (unpaired) electrons. The Kier molecular flexibility index (Phi) is 5.74. The third kappa shape index (κ3) is 4.17. The maximum absolute atomic E-state index is 12.5. The third-order valence-corrected chi connectivity index (χ3v) is 5.77. The number of anilines is 1. The fourth-order valence-corrected chi connectivity index (χ4v) is 3.82. The minimum absolute atomic E-state index is 0.151. The van der Waals surface area contributed by atoms with Crippen molar-refractivity contribution in [2.24, 2.45) is 0 Å². The Balaban J connectivity index is 1.29. The van der Waals surface area contributed by atoms with Crippen molar-refractivity contribution in [1.82, 2.24) is 4.90 Å². The van der Waals surface area contributed by atoms with Crippen molar-refractivity contribution in [2.75, 3.05) is 44.3 Å². The highest BCUT2D eigenvalue weighted by molar-refractivity contribution is 5.96. The molecule has 30 heavy (non-hydrogen) atoms. The lowest BCUT2D eigenvalue weighted by Gasteiger charge is -2.37. The van der Waals surface area contributed by atoms with Crippen LogP contribution in [0.25, 0.3) is 6.08 Å². The number of rotatable bonds is 4. The SMILES string of the molecule is Cc1cccc(N2CCN(C(=O)COC(=O)C3=Cc4ccccc4OC3)CC2)c1C. The molecule has 2 heterocycles. The lowest BCUT2D eigenvalue weighted by atomic mass is 10.1. The summed E-state index contributed by atoms with van der Waals surface area (Å²) in [5.41, 5.74) is 5.01. The van der Waals surface area contributed by atoms with Gasteiger partial charge in [-0.3, -0.25) is 4.79 Å². The Morgan fingerprint density at radius 1 is 1.00 bits per heavy atom. The van der Waals surface area contributed by atoms with Crippen LogP contribution in [0, 0.1) is 13.8 Å². The van der Waals surface area contributed by atoms with E-state index in [1.54, 1.807) is 11.0 Å². The van der Waals surface area contributed by atoms with Crippen molar-refractivity contribution >= 4 is 23.6 Å². The zero-order chi connectivity index (χ0) is 21.1. The number of esters is 1. The maximum Gasteiger partial charge on any atom is 0.338 e. The van der Waals surface area contributed by atoms with Gasteiger partial charge in [0.1, 0.15) is 12.4 Å². The molecule has 4 rings (SSSR count). The first-order chi connectivity index (χ1) is 14.5. The van der Waals surface area contributed by atoms with Gasteiger partial charge in [0.25, 0.3) is 5.91 Å². The molecule has 1 saturated heterocycles. The summed E-state index contributed by atoms with van der Waals surface area (Å²) in [6.07, 6.45) is 1.76. The highest BCUT2D eigenvalue weighted by Crippen LogP contribution is 2.26. The van der Waals surface area contributed by atoms with E-state index >= 15 is 0 Å². The number of para-hydroxylation sites is 1. The highest BCUT2D eigenvalue weighted by Gasteiger charge is 2.24. The second kappa shape index (κ2) is 8.61. The summed E-state index contributed by atoms with van der Waals surface area (Å²) >= 11 is 0. The van der Waals surface area contributed by atoms with E-state index in [0.29, 0.717) is 18.7 Å². The van der Waals surface area contributed by atoms with E-state index in [2.05, 4.69) is 36.9 Å². The highest BCUT2D eigenvalue weighted by atomic mass is 16.5. The van der Waals surface area contributed by atoms with Crippen LogP contribution in [0.4, 0.5) is 5.69 Å². The number of hydrogen-bond acceptors (Lipinski definition) is 5. The first kappa shape index (κ1) is 20.0. The predicted molar refractivity (Wildman–Crippen MR) is 116 cm³/mol. The van der Waals surface area contributed by atoms with Crippen molar-refractivity contribution in [3.05, 3.63) is 64.7 Å². The lowest BCUT2D eigenvalue weighted by molar-refractivity contribution is -0.149. The van der Waals surface area contributed by atoms with Crippen LogP contribution >= 0.6 is 0 Å². The lowest BCUT2D eigenvalue weighted by Crippen LogP contribution is -2.50. The fraction of sp³-hybridized carbons (Fsp3) is 0.333. The van der Waals surface area contributed by atoms with Gasteiger partial charge in [0.05, 0.1) is 5.57 Å². The Morgan fingerprint density at radius 2 is 1.77 bits per heavy atom. The van der Waals surface area contributed by atoms with Gasteiger partial charge >= 0.3 is 5.97 Å². The zero-order valence-corrected chi connectivity index (χ0v) is 17.4. The quantitative estimate of drug-likeness (QED) is 0.731. The van der Waals surface area contributed by atoms with E-state index in [-0.39, 0.29) is 19.1 Å². The zero-order valence-electron chi connectivity index (χ0n) is 17.4. The Labute approximate surface area is 176 Å². The van der Waals surface area contributed by atoms with E-state index in [0.717, 1.165) is 24.4 Å². The summed E-state index contributed by atoms with van der Waals surface area (Å²) in [5, 5.41) is 0. The van der Waals surface area contributed by atoms with Crippen molar-refractivity contribution in [3.63, 3.8) is 0 Å². The average Bonchev–Trinajstić information content (AvgIpc) is 2.79. The molecule has 0 aromatic heterocycles. The molecule has 0 spiro atoms. The second-order valence-electron chi connectivity index (χ2n) is 7.66. The van der Waals surface area contributed by atoms with Crippen LogP contribution < -0.4 is 9.64 Å². The molecule has 0 atom stereocenters. The summed E-state index contributed by atoms with van der Waals surface area (Å²) in [6.45, 7) is 6.90. The van der Waals surface area contributed by atoms with Gasteiger partial charge in [-0.1, -0.05) is 30.3 Å². The number of carbonyl (C=O) groups excluding carboxylic acids is 2. The molecule has 0 bridgehead atoms. The molecule has 0 aliphatic carbocycles. The smallest absolute Gasteiger partial charge is 0.338 e. The summed E-state index contributed by atoms with van der Waals surface area (Å²) in [6, 6.07) is 13.8. The summed E-state index contributed by atoms with van der Waals surface area (Å²) in [5.74, 6) is 0.0698. The molecule has 0 saturated carbocycles.